The molecule has 0 saturated heterocycles. The summed E-state index contributed by atoms with van der Waals surface area (Å²) in [4.78, 5) is 11.6. The molecule has 0 rings (SSSR count). The van der Waals surface area contributed by atoms with E-state index in [0.717, 1.165) is 31.8 Å². The van der Waals surface area contributed by atoms with Gasteiger partial charge in [0.05, 0.1) is 0 Å². The van der Waals surface area contributed by atoms with E-state index in [4.69, 9.17) is 0 Å². The summed E-state index contributed by atoms with van der Waals surface area (Å²) in [6, 6.07) is 0. The SMILES string of the molecule is CNCCCCCCCCC(=O)NCCCCCC(C)C. The Morgan fingerprint density at radius 3 is 2.05 bits per heavy atom. The van der Waals surface area contributed by atoms with Crippen molar-refractivity contribution in [3.05, 3.63) is 0 Å². The van der Waals surface area contributed by atoms with Gasteiger partial charge in [-0.25, -0.2) is 0 Å². The third-order valence-corrected chi connectivity index (χ3v) is 3.86. The van der Waals surface area contributed by atoms with E-state index in [1.807, 2.05) is 7.05 Å². The molecule has 2 N–H and O–H groups in total. The zero-order chi connectivity index (χ0) is 15.8. The molecule has 0 heterocycles. The van der Waals surface area contributed by atoms with Crippen LogP contribution in [0.15, 0.2) is 0 Å². The number of carbonyl (C=O) groups excluding carboxylic acids is 1. The van der Waals surface area contributed by atoms with Gasteiger partial charge in [-0.2, -0.15) is 0 Å². The van der Waals surface area contributed by atoms with Crippen molar-refractivity contribution >= 4 is 5.91 Å². The molecule has 0 radical (unpaired) electrons. The minimum Gasteiger partial charge on any atom is -0.356 e. The van der Waals surface area contributed by atoms with Gasteiger partial charge in [0.15, 0.2) is 0 Å². The van der Waals surface area contributed by atoms with Gasteiger partial charge in [-0.15, -0.1) is 0 Å². The molecule has 0 unspecified atom stereocenters. The van der Waals surface area contributed by atoms with Crippen LogP contribution in [0.5, 0.6) is 0 Å². The molecule has 0 aromatic rings. The Labute approximate surface area is 132 Å². The number of carbonyl (C=O) groups is 1. The molecule has 0 aliphatic carbocycles. The third kappa shape index (κ3) is 17.4. The van der Waals surface area contributed by atoms with Gasteiger partial charge >= 0.3 is 0 Å². The van der Waals surface area contributed by atoms with Crippen LogP contribution in [0.1, 0.15) is 84.5 Å². The van der Waals surface area contributed by atoms with E-state index in [1.54, 1.807) is 0 Å². The number of hydrogen-bond donors (Lipinski definition) is 2. The zero-order valence-corrected chi connectivity index (χ0v) is 14.7. The molecule has 126 valence electrons. The average molecular weight is 299 g/mol. The minimum atomic E-state index is 0.244. The molecular weight excluding hydrogens is 260 g/mol. The first-order valence-electron chi connectivity index (χ1n) is 9.08. The van der Waals surface area contributed by atoms with Gasteiger partial charge in [0.25, 0.3) is 0 Å². The summed E-state index contributed by atoms with van der Waals surface area (Å²) in [6.07, 6.45) is 13.1. The lowest BCUT2D eigenvalue weighted by Crippen LogP contribution is -2.23. The van der Waals surface area contributed by atoms with Gasteiger partial charge in [0, 0.05) is 13.0 Å². The first-order valence-corrected chi connectivity index (χ1v) is 9.08. The van der Waals surface area contributed by atoms with E-state index in [9.17, 15) is 4.79 Å². The van der Waals surface area contributed by atoms with Crippen LogP contribution in [0.3, 0.4) is 0 Å². The highest BCUT2D eigenvalue weighted by Gasteiger charge is 2.00. The summed E-state index contributed by atoms with van der Waals surface area (Å²) < 4.78 is 0. The van der Waals surface area contributed by atoms with Gasteiger partial charge in [0.2, 0.25) is 5.91 Å². The predicted molar refractivity (Wildman–Crippen MR) is 92.6 cm³/mol. The van der Waals surface area contributed by atoms with Crippen molar-refractivity contribution in [2.75, 3.05) is 20.1 Å². The summed E-state index contributed by atoms with van der Waals surface area (Å²) in [7, 11) is 2.00. The molecule has 0 fully saturated rings. The maximum atomic E-state index is 11.6. The second-order valence-electron chi connectivity index (χ2n) is 6.57. The summed E-state index contributed by atoms with van der Waals surface area (Å²) >= 11 is 0. The predicted octanol–water partition coefficient (Wildman–Crippen LogP) is 4.27. The number of rotatable bonds is 15. The number of hydrogen-bond acceptors (Lipinski definition) is 2. The van der Waals surface area contributed by atoms with Crippen molar-refractivity contribution in [3.8, 4) is 0 Å². The van der Waals surface area contributed by atoms with E-state index in [2.05, 4.69) is 24.5 Å². The topological polar surface area (TPSA) is 41.1 Å². The number of unbranched alkanes of at least 4 members (excludes halogenated alkanes) is 7. The first-order chi connectivity index (χ1) is 10.2. The van der Waals surface area contributed by atoms with Gasteiger partial charge in [-0.3, -0.25) is 4.79 Å². The molecule has 3 nitrogen and oxygen atoms in total. The van der Waals surface area contributed by atoms with Crippen molar-refractivity contribution in [1.29, 1.82) is 0 Å². The highest BCUT2D eigenvalue weighted by atomic mass is 16.1. The molecule has 0 aromatic carbocycles. The van der Waals surface area contributed by atoms with Gasteiger partial charge < -0.3 is 10.6 Å². The van der Waals surface area contributed by atoms with Crippen LogP contribution >= 0.6 is 0 Å². The summed E-state index contributed by atoms with van der Waals surface area (Å²) in [6.45, 7) is 6.52. The third-order valence-electron chi connectivity index (χ3n) is 3.86. The molecule has 0 aliphatic rings. The molecule has 0 aliphatic heterocycles. The highest BCUT2D eigenvalue weighted by Crippen LogP contribution is 2.08. The van der Waals surface area contributed by atoms with Crippen LogP contribution in [0, 0.1) is 5.92 Å². The highest BCUT2D eigenvalue weighted by molar-refractivity contribution is 5.75. The van der Waals surface area contributed by atoms with Crippen molar-refractivity contribution in [2.45, 2.75) is 84.5 Å². The van der Waals surface area contributed by atoms with E-state index in [0.29, 0.717) is 6.42 Å². The van der Waals surface area contributed by atoms with E-state index in [-0.39, 0.29) is 5.91 Å². The van der Waals surface area contributed by atoms with Crippen LogP contribution in [-0.4, -0.2) is 26.0 Å². The van der Waals surface area contributed by atoms with Crippen LogP contribution in [0.25, 0.3) is 0 Å². The Kier molecular flexibility index (Phi) is 15.4. The van der Waals surface area contributed by atoms with Crippen LogP contribution in [0.2, 0.25) is 0 Å². The van der Waals surface area contributed by atoms with Gasteiger partial charge in [-0.05, 0) is 38.8 Å². The summed E-state index contributed by atoms with van der Waals surface area (Å²) in [5.41, 5.74) is 0. The fraction of sp³-hybridized carbons (Fsp3) is 0.944. The monoisotopic (exact) mass is 298 g/mol. The normalized spacial score (nSPS) is 11.0. The maximum Gasteiger partial charge on any atom is 0.219 e. The van der Waals surface area contributed by atoms with E-state index in [1.165, 1.54) is 51.4 Å². The molecule has 21 heavy (non-hydrogen) atoms. The first kappa shape index (κ1) is 20.4. The van der Waals surface area contributed by atoms with Crippen molar-refractivity contribution in [2.24, 2.45) is 5.92 Å². The Morgan fingerprint density at radius 1 is 0.810 bits per heavy atom. The number of nitrogens with one attached hydrogen (secondary N) is 2. The second kappa shape index (κ2) is 15.8. The van der Waals surface area contributed by atoms with E-state index < -0.39 is 0 Å². The van der Waals surface area contributed by atoms with Crippen molar-refractivity contribution < 1.29 is 4.79 Å². The molecule has 0 atom stereocenters. The lowest BCUT2D eigenvalue weighted by molar-refractivity contribution is -0.121. The van der Waals surface area contributed by atoms with Crippen LogP contribution in [-0.2, 0) is 4.79 Å². The number of amides is 1. The fourth-order valence-corrected chi connectivity index (χ4v) is 2.46. The van der Waals surface area contributed by atoms with Crippen molar-refractivity contribution in [3.63, 3.8) is 0 Å². The molecule has 0 saturated carbocycles. The molecule has 3 heteroatoms. The zero-order valence-electron chi connectivity index (χ0n) is 14.7. The van der Waals surface area contributed by atoms with Crippen LogP contribution in [0.4, 0.5) is 0 Å². The van der Waals surface area contributed by atoms with Crippen molar-refractivity contribution in [1.82, 2.24) is 10.6 Å². The maximum absolute atomic E-state index is 11.6. The summed E-state index contributed by atoms with van der Waals surface area (Å²) in [5.74, 6) is 1.05. The van der Waals surface area contributed by atoms with Gasteiger partial charge in [-0.1, -0.05) is 58.8 Å². The molecule has 0 bridgehead atoms. The Bertz CT molecular complexity index is 229. The van der Waals surface area contributed by atoms with Gasteiger partial charge in [0.1, 0.15) is 0 Å². The molecule has 1 amide bonds. The fourth-order valence-electron chi connectivity index (χ4n) is 2.46. The smallest absolute Gasteiger partial charge is 0.219 e. The minimum absolute atomic E-state index is 0.244. The van der Waals surface area contributed by atoms with E-state index >= 15 is 0 Å². The summed E-state index contributed by atoms with van der Waals surface area (Å²) in [5, 5.41) is 6.21. The van der Waals surface area contributed by atoms with Crippen LogP contribution < -0.4 is 10.6 Å². The molecular formula is C18H38N2O. The largest absolute Gasteiger partial charge is 0.356 e. The quantitative estimate of drug-likeness (QED) is 0.443. The average Bonchev–Trinajstić information content (AvgIpc) is 2.45. The Hall–Kier alpha value is -0.570. The standard InChI is InChI=1S/C18H38N2O/c1-17(2)13-9-8-12-16-20-18(21)14-10-6-4-5-7-11-15-19-3/h17,19H,4-16H2,1-3H3,(H,20,21). The Balaban J connectivity index is 3.16. The molecule has 0 aromatic heterocycles. The lowest BCUT2D eigenvalue weighted by atomic mass is 10.1. The Morgan fingerprint density at radius 2 is 1.38 bits per heavy atom. The second-order valence-corrected chi connectivity index (χ2v) is 6.57. The molecule has 0 spiro atoms. The lowest BCUT2D eigenvalue weighted by Gasteiger charge is -2.06.